The third-order valence-corrected chi connectivity index (χ3v) is 5.76. The second-order valence-corrected chi connectivity index (χ2v) is 7.33. The number of carboxylic acids is 1. The Hall–Kier alpha value is -1.61. The van der Waals surface area contributed by atoms with Gasteiger partial charge in [0, 0.05) is 6.54 Å². The van der Waals surface area contributed by atoms with Gasteiger partial charge in [0.05, 0.1) is 10.5 Å². The topological polar surface area (TPSA) is 74.7 Å². The Morgan fingerprint density at radius 2 is 1.96 bits per heavy atom. The standard InChI is InChI=1S/C14H16F3NO4S/c1-9-5-6-10(8-11(9)14(15,16)17)23(21,22)18-7-3-2-4-12(18)13(19)20/h5-6,8,12H,2-4,7H2,1H3,(H,19,20). The van der Waals surface area contributed by atoms with Gasteiger partial charge in [-0.3, -0.25) is 4.79 Å². The average Bonchev–Trinajstić information content (AvgIpc) is 2.46. The Kier molecular flexibility index (Phi) is 4.72. The van der Waals surface area contributed by atoms with E-state index in [9.17, 15) is 26.4 Å². The van der Waals surface area contributed by atoms with Crippen molar-refractivity contribution in [3.05, 3.63) is 29.3 Å². The molecule has 1 N–H and O–H groups in total. The third kappa shape index (κ3) is 3.50. The maximum absolute atomic E-state index is 13.0. The summed E-state index contributed by atoms with van der Waals surface area (Å²) in [6.07, 6.45) is -3.50. The van der Waals surface area contributed by atoms with E-state index in [2.05, 4.69) is 0 Å². The van der Waals surface area contributed by atoms with Crippen molar-refractivity contribution in [2.24, 2.45) is 0 Å². The summed E-state index contributed by atoms with van der Waals surface area (Å²) in [4.78, 5) is 10.7. The van der Waals surface area contributed by atoms with Gasteiger partial charge in [-0.25, -0.2) is 8.42 Å². The Labute approximate surface area is 131 Å². The Morgan fingerprint density at radius 1 is 1.30 bits per heavy atom. The maximum atomic E-state index is 13.0. The van der Waals surface area contributed by atoms with Gasteiger partial charge in [0.25, 0.3) is 0 Å². The number of piperidine rings is 1. The van der Waals surface area contributed by atoms with Crippen LogP contribution in [0.3, 0.4) is 0 Å². The first-order valence-electron chi connectivity index (χ1n) is 6.97. The maximum Gasteiger partial charge on any atom is 0.416 e. The van der Waals surface area contributed by atoms with E-state index in [1.165, 1.54) is 6.92 Å². The Morgan fingerprint density at radius 3 is 2.52 bits per heavy atom. The Balaban J connectivity index is 2.49. The normalized spacial score (nSPS) is 20.4. The summed E-state index contributed by atoms with van der Waals surface area (Å²) in [5.41, 5.74) is -1.13. The number of carboxylic acid groups (broad SMARTS) is 1. The van der Waals surface area contributed by atoms with Crippen molar-refractivity contribution in [1.82, 2.24) is 4.31 Å². The van der Waals surface area contributed by atoms with Gasteiger partial charge >= 0.3 is 12.1 Å². The summed E-state index contributed by atoms with van der Waals surface area (Å²) in [6, 6.07) is 1.48. The number of aliphatic carboxylic acids is 1. The minimum absolute atomic E-state index is 0.0193. The fraction of sp³-hybridized carbons (Fsp3) is 0.500. The summed E-state index contributed by atoms with van der Waals surface area (Å²) in [5, 5.41) is 9.16. The Bertz CT molecular complexity index is 715. The lowest BCUT2D eigenvalue weighted by molar-refractivity contribution is -0.142. The molecule has 1 heterocycles. The van der Waals surface area contributed by atoms with E-state index in [0.29, 0.717) is 18.9 Å². The van der Waals surface area contributed by atoms with Gasteiger partial charge in [-0.2, -0.15) is 17.5 Å². The molecule has 1 aliphatic heterocycles. The number of aryl methyl sites for hydroxylation is 1. The molecule has 1 atom stereocenters. The van der Waals surface area contributed by atoms with Crippen LogP contribution in [-0.4, -0.2) is 36.4 Å². The lowest BCUT2D eigenvalue weighted by Gasteiger charge is -2.32. The number of carbonyl (C=O) groups is 1. The van der Waals surface area contributed by atoms with Crippen LogP contribution in [0.2, 0.25) is 0 Å². The zero-order chi connectivity index (χ0) is 17.4. The number of sulfonamides is 1. The number of hydrogen-bond acceptors (Lipinski definition) is 3. The molecular formula is C14H16F3NO4S. The zero-order valence-electron chi connectivity index (χ0n) is 12.3. The highest BCUT2D eigenvalue weighted by atomic mass is 32.2. The molecule has 0 bridgehead atoms. The zero-order valence-corrected chi connectivity index (χ0v) is 13.1. The molecule has 1 aromatic rings. The fourth-order valence-corrected chi connectivity index (χ4v) is 4.32. The summed E-state index contributed by atoms with van der Waals surface area (Å²) < 4.78 is 64.8. The molecule has 9 heteroatoms. The van der Waals surface area contributed by atoms with Gasteiger partial charge in [0.2, 0.25) is 10.0 Å². The van der Waals surface area contributed by atoms with Gasteiger partial charge in [-0.15, -0.1) is 0 Å². The van der Waals surface area contributed by atoms with E-state index in [1.807, 2.05) is 0 Å². The van der Waals surface area contributed by atoms with Crippen LogP contribution in [0.15, 0.2) is 23.1 Å². The second kappa shape index (κ2) is 6.12. The number of rotatable bonds is 3. The first kappa shape index (κ1) is 17.7. The van der Waals surface area contributed by atoms with Gasteiger partial charge in [0.15, 0.2) is 0 Å². The molecule has 128 valence electrons. The number of hydrogen-bond donors (Lipinski definition) is 1. The highest BCUT2D eigenvalue weighted by Crippen LogP contribution is 2.34. The van der Waals surface area contributed by atoms with Gasteiger partial charge in [0.1, 0.15) is 6.04 Å². The van der Waals surface area contributed by atoms with E-state index >= 15 is 0 Å². The molecule has 0 saturated carbocycles. The van der Waals surface area contributed by atoms with Crippen molar-refractivity contribution in [2.75, 3.05) is 6.54 Å². The summed E-state index contributed by atoms with van der Waals surface area (Å²) in [6.45, 7) is 1.22. The van der Waals surface area contributed by atoms with Crippen LogP contribution < -0.4 is 0 Å². The molecule has 2 rings (SSSR count). The molecule has 1 aliphatic rings. The summed E-state index contributed by atoms with van der Waals surface area (Å²) in [7, 11) is -4.30. The molecule has 1 saturated heterocycles. The molecule has 23 heavy (non-hydrogen) atoms. The lowest BCUT2D eigenvalue weighted by atomic mass is 10.1. The van der Waals surface area contributed by atoms with Crippen LogP contribution in [0.4, 0.5) is 13.2 Å². The lowest BCUT2D eigenvalue weighted by Crippen LogP contribution is -2.47. The summed E-state index contributed by atoms with van der Waals surface area (Å²) in [5.74, 6) is -1.29. The van der Waals surface area contributed by atoms with Crippen molar-refractivity contribution in [2.45, 2.75) is 43.3 Å². The predicted molar refractivity (Wildman–Crippen MR) is 75.3 cm³/mol. The minimum atomic E-state index is -4.68. The van der Waals surface area contributed by atoms with Crippen LogP contribution in [0.1, 0.15) is 30.4 Å². The van der Waals surface area contributed by atoms with E-state index < -0.39 is 38.7 Å². The molecular weight excluding hydrogens is 335 g/mol. The number of halogens is 3. The van der Waals surface area contributed by atoms with E-state index in [4.69, 9.17) is 5.11 Å². The highest BCUT2D eigenvalue weighted by molar-refractivity contribution is 7.89. The SMILES string of the molecule is Cc1ccc(S(=O)(=O)N2CCCCC2C(=O)O)cc1C(F)(F)F. The molecule has 0 amide bonds. The van der Waals surface area contributed by atoms with Gasteiger partial charge < -0.3 is 5.11 Å². The second-order valence-electron chi connectivity index (χ2n) is 5.44. The average molecular weight is 351 g/mol. The predicted octanol–water partition coefficient (Wildman–Crippen LogP) is 2.64. The molecule has 1 fully saturated rings. The van der Waals surface area contributed by atoms with Gasteiger partial charge in [-0.05, 0) is 43.9 Å². The minimum Gasteiger partial charge on any atom is -0.480 e. The first-order valence-corrected chi connectivity index (χ1v) is 8.41. The molecule has 0 spiro atoms. The third-order valence-electron chi connectivity index (χ3n) is 3.86. The van der Waals surface area contributed by atoms with Crippen molar-refractivity contribution < 1.29 is 31.5 Å². The number of benzene rings is 1. The van der Waals surface area contributed by atoms with Crippen molar-refractivity contribution in [3.63, 3.8) is 0 Å². The summed E-state index contributed by atoms with van der Waals surface area (Å²) >= 11 is 0. The van der Waals surface area contributed by atoms with Crippen LogP contribution >= 0.6 is 0 Å². The molecule has 5 nitrogen and oxygen atoms in total. The van der Waals surface area contributed by atoms with E-state index in [1.54, 1.807) is 0 Å². The van der Waals surface area contributed by atoms with E-state index in [-0.39, 0.29) is 18.5 Å². The van der Waals surface area contributed by atoms with E-state index in [0.717, 1.165) is 16.4 Å². The number of alkyl halides is 3. The van der Waals surface area contributed by atoms with Crippen LogP contribution in [0.25, 0.3) is 0 Å². The van der Waals surface area contributed by atoms with Crippen LogP contribution in [-0.2, 0) is 21.0 Å². The monoisotopic (exact) mass is 351 g/mol. The molecule has 1 unspecified atom stereocenters. The molecule has 0 aromatic heterocycles. The van der Waals surface area contributed by atoms with Crippen molar-refractivity contribution in [3.8, 4) is 0 Å². The quantitative estimate of drug-likeness (QED) is 0.908. The van der Waals surface area contributed by atoms with Crippen molar-refractivity contribution >= 4 is 16.0 Å². The first-order chi connectivity index (χ1) is 10.5. The fourth-order valence-electron chi connectivity index (χ4n) is 2.64. The smallest absolute Gasteiger partial charge is 0.416 e. The molecule has 0 radical (unpaired) electrons. The highest BCUT2D eigenvalue weighted by Gasteiger charge is 2.39. The molecule has 0 aliphatic carbocycles. The van der Waals surface area contributed by atoms with Crippen LogP contribution in [0.5, 0.6) is 0 Å². The van der Waals surface area contributed by atoms with Crippen LogP contribution in [0, 0.1) is 6.92 Å². The number of nitrogens with zero attached hydrogens (tertiary/aromatic N) is 1. The van der Waals surface area contributed by atoms with Gasteiger partial charge in [-0.1, -0.05) is 6.07 Å². The molecule has 1 aromatic carbocycles. The van der Waals surface area contributed by atoms with Crippen molar-refractivity contribution in [1.29, 1.82) is 0 Å². The largest absolute Gasteiger partial charge is 0.480 e.